The third-order valence-electron chi connectivity index (χ3n) is 3.55. The highest BCUT2D eigenvalue weighted by Gasteiger charge is 2.15. The predicted octanol–water partition coefficient (Wildman–Crippen LogP) is 3.80. The van der Waals surface area contributed by atoms with Crippen LogP contribution in [0, 0.1) is 13.8 Å². The number of benzene rings is 1. The van der Waals surface area contributed by atoms with Crippen molar-refractivity contribution in [1.29, 1.82) is 0 Å². The number of hydrogen-bond acceptors (Lipinski definition) is 3. The summed E-state index contributed by atoms with van der Waals surface area (Å²) in [6.07, 6.45) is 1.02. The van der Waals surface area contributed by atoms with Crippen LogP contribution >= 0.6 is 0 Å². The minimum atomic E-state index is 0.151. The Hall–Kier alpha value is -1.87. The summed E-state index contributed by atoms with van der Waals surface area (Å²) >= 11 is 0. The Morgan fingerprint density at radius 1 is 1.10 bits per heavy atom. The molecular formula is C18H24N2O. The molecule has 0 aliphatic carbocycles. The molecule has 112 valence electrons. The Balaban J connectivity index is 2.24. The van der Waals surface area contributed by atoms with Gasteiger partial charge in [-0.05, 0) is 56.6 Å². The summed E-state index contributed by atoms with van der Waals surface area (Å²) in [6, 6.07) is 12.7. The van der Waals surface area contributed by atoms with Crippen LogP contribution in [-0.2, 0) is 0 Å². The lowest BCUT2D eigenvalue weighted by Gasteiger charge is -2.19. The quantitative estimate of drug-likeness (QED) is 0.876. The maximum Gasteiger partial charge on any atom is 0.119 e. The van der Waals surface area contributed by atoms with Crippen LogP contribution in [0.25, 0.3) is 0 Å². The number of rotatable bonds is 6. The minimum Gasteiger partial charge on any atom is -0.494 e. The van der Waals surface area contributed by atoms with E-state index in [0.717, 1.165) is 30.2 Å². The summed E-state index contributed by atoms with van der Waals surface area (Å²) in [5.41, 5.74) is 4.55. The van der Waals surface area contributed by atoms with E-state index >= 15 is 0 Å². The molecular weight excluding hydrogens is 260 g/mol. The molecule has 0 saturated carbocycles. The van der Waals surface area contributed by atoms with E-state index in [1.165, 1.54) is 11.1 Å². The number of ether oxygens (including phenoxy) is 1. The third-order valence-corrected chi connectivity index (χ3v) is 3.55. The van der Waals surface area contributed by atoms with E-state index in [9.17, 15) is 0 Å². The van der Waals surface area contributed by atoms with Gasteiger partial charge in [0.25, 0.3) is 0 Å². The molecule has 1 atom stereocenters. The Kier molecular flexibility index (Phi) is 5.34. The van der Waals surface area contributed by atoms with Gasteiger partial charge in [0.2, 0.25) is 0 Å². The van der Waals surface area contributed by atoms with Crippen molar-refractivity contribution in [2.24, 2.45) is 0 Å². The van der Waals surface area contributed by atoms with E-state index < -0.39 is 0 Å². The van der Waals surface area contributed by atoms with Crippen LogP contribution in [0.15, 0.2) is 36.4 Å². The van der Waals surface area contributed by atoms with Crippen molar-refractivity contribution in [3.05, 3.63) is 58.9 Å². The number of aryl methyl sites for hydroxylation is 2. The van der Waals surface area contributed by atoms with Crippen LogP contribution < -0.4 is 10.1 Å². The first kappa shape index (κ1) is 15.5. The summed E-state index contributed by atoms with van der Waals surface area (Å²) in [4.78, 5) is 4.56. The van der Waals surface area contributed by atoms with Crippen molar-refractivity contribution in [3.63, 3.8) is 0 Å². The number of pyridine rings is 1. The first-order valence-electron chi connectivity index (χ1n) is 7.50. The zero-order chi connectivity index (χ0) is 15.2. The molecule has 2 rings (SSSR count). The molecule has 3 nitrogen and oxygen atoms in total. The lowest BCUT2D eigenvalue weighted by molar-refractivity contribution is 0.317. The van der Waals surface area contributed by atoms with Crippen LogP contribution in [-0.4, -0.2) is 18.6 Å². The summed E-state index contributed by atoms with van der Waals surface area (Å²) in [5, 5.41) is 3.38. The summed E-state index contributed by atoms with van der Waals surface area (Å²) in [7, 11) is 1.98. The van der Waals surface area contributed by atoms with E-state index in [-0.39, 0.29) is 6.04 Å². The molecule has 0 saturated heterocycles. The number of aromatic nitrogens is 1. The van der Waals surface area contributed by atoms with E-state index in [1.807, 2.05) is 26.1 Å². The Morgan fingerprint density at radius 2 is 1.81 bits per heavy atom. The SMILES string of the molecule is CCCOc1ccc(C(NC)c2ccc(C)nc2C)cc1. The molecule has 1 unspecified atom stereocenters. The molecule has 1 aromatic heterocycles. The first-order valence-corrected chi connectivity index (χ1v) is 7.50. The molecule has 1 heterocycles. The Labute approximate surface area is 127 Å². The van der Waals surface area contributed by atoms with Crippen molar-refractivity contribution in [2.75, 3.05) is 13.7 Å². The average Bonchev–Trinajstić information content (AvgIpc) is 2.49. The smallest absolute Gasteiger partial charge is 0.119 e. The second-order valence-electron chi connectivity index (χ2n) is 5.27. The van der Waals surface area contributed by atoms with Crippen molar-refractivity contribution in [1.82, 2.24) is 10.3 Å². The Bertz CT molecular complexity index is 578. The maximum atomic E-state index is 5.64. The highest BCUT2D eigenvalue weighted by Crippen LogP contribution is 2.25. The van der Waals surface area contributed by atoms with Gasteiger partial charge in [-0.25, -0.2) is 0 Å². The fraction of sp³-hybridized carbons (Fsp3) is 0.389. The van der Waals surface area contributed by atoms with Gasteiger partial charge in [0, 0.05) is 11.4 Å². The van der Waals surface area contributed by atoms with E-state index in [4.69, 9.17) is 4.74 Å². The zero-order valence-corrected chi connectivity index (χ0v) is 13.3. The lowest BCUT2D eigenvalue weighted by Crippen LogP contribution is -2.19. The van der Waals surface area contributed by atoms with Crippen LogP contribution in [0.5, 0.6) is 5.75 Å². The fourth-order valence-electron chi connectivity index (χ4n) is 2.48. The minimum absolute atomic E-state index is 0.151. The summed E-state index contributed by atoms with van der Waals surface area (Å²) in [6.45, 7) is 6.95. The van der Waals surface area contributed by atoms with E-state index in [0.29, 0.717) is 0 Å². The van der Waals surface area contributed by atoms with Gasteiger partial charge in [-0.15, -0.1) is 0 Å². The van der Waals surface area contributed by atoms with Crippen LogP contribution in [0.2, 0.25) is 0 Å². The second kappa shape index (κ2) is 7.23. The molecule has 0 bridgehead atoms. The predicted molar refractivity (Wildman–Crippen MR) is 86.8 cm³/mol. The summed E-state index contributed by atoms with van der Waals surface area (Å²) in [5.74, 6) is 0.925. The van der Waals surface area contributed by atoms with Gasteiger partial charge in [-0.3, -0.25) is 4.98 Å². The van der Waals surface area contributed by atoms with Crippen LogP contribution in [0.3, 0.4) is 0 Å². The molecule has 3 heteroatoms. The number of nitrogens with one attached hydrogen (secondary N) is 1. The molecule has 0 aliphatic heterocycles. The zero-order valence-electron chi connectivity index (χ0n) is 13.3. The molecule has 0 aliphatic rings. The maximum absolute atomic E-state index is 5.64. The van der Waals surface area contributed by atoms with Crippen LogP contribution in [0.1, 0.15) is 41.9 Å². The molecule has 21 heavy (non-hydrogen) atoms. The second-order valence-corrected chi connectivity index (χ2v) is 5.27. The topological polar surface area (TPSA) is 34.1 Å². The standard InChI is InChI=1S/C18H24N2O/c1-5-12-21-16-9-7-15(8-10-16)18(19-4)17-11-6-13(2)20-14(17)3/h6-11,18-19H,5,12H2,1-4H3. The van der Waals surface area contributed by atoms with Gasteiger partial charge >= 0.3 is 0 Å². The molecule has 1 N–H and O–H groups in total. The van der Waals surface area contributed by atoms with Gasteiger partial charge < -0.3 is 10.1 Å². The fourth-order valence-corrected chi connectivity index (χ4v) is 2.48. The molecule has 2 aromatic rings. The third kappa shape index (κ3) is 3.82. The largest absolute Gasteiger partial charge is 0.494 e. The highest BCUT2D eigenvalue weighted by molar-refractivity contribution is 5.37. The van der Waals surface area contributed by atoms with Gasteiger partial charge in [-0.1, -0.05) is 25.1 Å². The lowest BCUT2D eigenvalue weighted by atomic mass is 9.97. The average molecular weight is 284 g/mol. The molecule has 0 amide bonds. The first-order chi connectivity index (χ1) is 10.2. The van der Waals surface area contributed by atoms with Gasteiger partial charge in [0.15, 0.2) is 0 Å². The van der Waals surface area contributed by atoms with Crippen molar-refractivity contribution in [2.45, 2.75) is 33.2 Å². The highest BCUT2D eigenvalue weighted by atomic mass is 16.5. The molecule has 0 fully saturated rings. The van der Waals surface area contributed by atoms with Gasteiger partial charge in [0.05, 0.1) is 12.6 Å². The monoisotopic (exact) mass is 284 g/mol. The van der Waals surface area contributed by atoms with Crippen molar-refractivity contribution in [3.8, 4) is 5.75 Å². The summed E-state index contributed by atoms with van der Waals surface area (Å²) < 4.78 is 5.64. The number of nitrogens with zero attached hydrogens (tertiary/aromatic N) is 1. The molecule has 0 spiro atoms. The van der Waals surface area contributed by atoms with E-state index in [1.54, 1.807) is 0 Å². The molecule has 1 aromatic carbocycles. The number of hydrogen-bond donors (Lipinski definition) is 1. The normalized spacial score (nSPS) is 12.2. The Morgan fingerprint density at radius 3 is 2.38 bits per heavy atom. The van der Waals surface area contributed by atoms with Gasteiger partial charge in [-0.2, -0.15) is 0 Å². The van der Waals surface area contributed by atoms with Crippen molar-refractivity contribution < 1.29 is 4.74 Å². The van der Waals surface area contributed by atoms with E-state index in [2.05, 4.69) is 48.4 Å². The molecule has 0 radical (unpaired) electrons. The van der Waals surface area contributed by atoms with Crippen molar-refractivity contribution >= 4 is 0 Å². The van der Waals surface area contributed by atoms with Gasteiger partial charge in [0.1, 0.15) is 5.75 Å². The van der Waals surface area contributed by atoms with Crippen LogP contribution in [0.4, 0.5) is 0 Å².